The maximum absolute atomic E-state index is 13.8. The number of nitrogens with one attached hydrogen (secondary N) is 1. The van der Waals surface area contributed by atoms with Gasteiger partial charge in [0.2, 0.25) is 11.8 Å². The Morgan fingerprint density at radius 2 is 1.69 bits per heavy atom. The van der Waals surface area contributed by atoms with Gasteiger partial charge in [0.15, 0.2) is 0 Å². The lowest BCUT2D eigenvalue weighted by Crippen LogP contribution is -2.26. The Labute approximate surface area is 211 Å². The number of anilines is 2. The Balaban J connectivity index is 1.58. The van der Waals surface area contributed by atoms with Crippen LogP contribution in [-0.2, 0) is 9.59 Å². The largest absolute Gasteiger partial charge is 0.325 e. The zero-order chi connectivity index (χ0) is 25.7. The molecular weight excluding hydrogens is 455 g/mol. The van der Waals surface area contributed by atoms with Gasteiger partial charge in [-0.3, -0.25) is 14.6 Å². The summed E-state index contributed by atoms with van der Waals surface area (Å²) in [4.78, 5) is 34.2. The minimum atomic E-state index is -0.658. The third kappa shape index (κ3) is 5.86. The monoisotopic (exact) mass is 486 g/mol. The Bertz CT molecular complexity index is 1260. The molecule has 3 aromatic carbocycles. The number of hydrogen-bond donors (Lipinski definition) is 1. The lowest BCUT2D eigenvalue weighted by atomic mass is 9.90. The average Bonchev–Trinajstić information content (AvgIpc) is 3.19. The van der Waals surface area contributed by atoms with Crippen molar-refractivity contribution < 1.29 is 14.0 Å². The third-order valence-electron chi connectivity index (χ3n) is 6.30. The summed E-state index contributed by atoms with van der Waals surface area (Å²) in [6, 6.07) is 21.2. The highest BCUT2D eigenvalue weighted by Crippen LogP contribution is 2.36. The molecule has 0 aromatic heterocycles. The average molecular weight is 487 g/mol. The van der Waals surface area contributed by atoms with Gasteiger partial charge in [0.05, 0.1) is 11.4 Å². The number of carbonyl (C=O) groups excluding carboxylic acids is 2. The quantitative estimate of drug-likeness (QED) is 0.326. The van der Waals surface area contributed by atoms with Crippen molar-refractivity contribution in [2.45, 2.75) is 25.2 Å². The maximum atomic E-state index is 13.8. The van der Waals surface area contributed by atoms with Crippen LogP contribution >= 0.6 is 0 Å². The Morgan fingerprint density at radius 1 is 0.972 bits per heavy atom. The van der Waals surface area contributed by atoms with Crippen LogP contribution in [0.1, 0.15) is 36.3 Å². The summed E-state index contributed by atoms with van der Waals surface area (Å²) in [5, 5.41) is 2.78. The number of aliphatic imine (C=N–C) groups is 1. The van der Waals surface area contributed by atoms with Crippen molar-refractivity contribution in [3.63, 3.8) is 0 Å². The minimum absolute atomic E-state index is 0.0708. The summed E-state index contributed by atoms with van der Waals surface area (Å²) >= 11 is 0. The van der Waals surface area contributed by atoms with Crippen molar-refractivity contribution in [3.05, 3.63) is 89.7 Å². The first kappa shape index (κ1) is 25.3. The van der Waals surface area contributed by atoms with Gasteiger partial charge in [-0.1, -0.05) is 36.4 Å². The molecule has 6 nitrogen and oxygen atoms in total. The van der Waals surface area contributed by atoms with Crippen LogP contribution in [0.4, 0.5) is 21.5 Å². The molecule has 7 heteroatoms. The summed E-state index contributed by atoms with van der Waals surface area (Å²) in [5.41, 5.74) is 4.00. The Hall–Kier alpha value is -3.84. The topological polar surface area (TPSA) is 65.0 Å². The van der Waals surface area contributed by atoms with Crippen molar-refractivity contribution in [1.29, 1.82) is 0 Å². The molecule has 0 saturated heterocycles. The molecule has 4 rings (SSSR count). The van der Waals surface area contributed by atoms with Gasteiger partial charge >= 0.3 is 0 Å². The summed E-state index contributed by atoms with van der Waals surface area (Å²) < 4.78 is 13.8. The zero-order valence-electron chi connectivity index (χ0n) is 20.9. The van der Waals surface area contributed by atoms with Gasteiger partial charge in [0.25, 0.3) is 0 Å². The van der Waals surface area contributed by atoms with Gasteiger partial charge in [0.1, 0.15) is 11.7 Å². The molecule has 1 unspecified atom stereocenters. The van der Waals surface area contributed by atoms with Crippen molar-refractivity contribution >= 4 is 34.6 Å². The molecule has 0 spiro atoms. The molecule has 36 heavy (non-hydrogen) atoms. The third-order valence-corrected chi connectivity index (χ3v) is 6.30. The van der Waals surface area contributed by atoms with Gasteiger partial charge in [-0.05, 0) is 81.0 Å². The number of amides is 2. The number of hydrogen-bond acceptors (Lipinski definition) is 4. The second-order valence-electron chi connectivity index (χ2n) is 9.25. The Kier molecular flexibility index (Phi) is 7.90. The highest BCUT2D eigenvalue weighted by Gasteiger charge is 2.35. The standard InChI is InChI=1S/C29H31FN4O2/c1-33(2)18-8-7-11-26(35)34(3)23-15-13-22(14-16-23)31-28(20-9-5-4-6-10-20)27-24-17-12-21(30)19-25(24)32-29(27)36/h4-6,9-10,12-17,19,27H,7-8,11,18H2,1-3H3,(H,32,36). The van der Waals surface area contributed by atoms with Crippen LogP contribution in [0, 0.1) is 5.82 Å². The van der Waals surface area contributed by atoms with E-state index in [0.29, 0.717) is 29.1 Å². The predicted molar refractivity (Wildman–Crippen MR) is 143 cm³/mol. The smallest absolute Gasteiger partial charge is 0.238 e. The molecule has 186 valence electrons. The zero-order valence-corrected chi connectivity index (χ0v) is 20.9. The molecule has 0 fully saturated rings. The van der Waals surface area contributed by atoms with Crippen LogP contribution in [0.3, 0.4) is 0 Å². The summed E-state index contributed by atoms with van der Waals surface area (Å²) in [7, 11) is 5.83. The van der Waals surface area contributed by atoms with Gasteiger partial charge in [-0.15, -0.1) is 0 Å². The van der Waals surface area contributed by atoms with Gasteiger partial charge in [-0.2, -0.15) is 0 Å². The number of nitrogens with zero attached hydrogens (tertiary/aromatic N) is 3. The van der Waals surface area contributed by atoms with Crippen LogP contribution in [0.25, 0.3) is 0 Å². The predicted octanol–water partition coefficient (Wildman–Crippen LogP) is 5.38. The lowest BCUT2D eigenvalue weighted by Gasteiger charge is -2.18. The lowest BCUT2D eigenvalue weighted by molar-refractivity contribution is -0.118. The molecule has 1 aliphatic heterocycles. The molecule has 3 aromatic rings. The van der Waals surface area contributed by atoms with E-state index in [1.807, 2.05) is 68.7 Å². The van der Waals surface area contributed by atoms with E-state index in [9.17, 15) is 14.0 Å². The first-order valence-corrected chi connectivity index (χ1v) is 12.1. The number of carbonyl (C=O) groups is 2. The number of rotatable bonds is 9. The number of fused-ring (bicyclic) bond motifs is 1. The fourth-order valence-electron chi connectivity index (χ4n) is 4.32. The van der Waals surface area contributed by atoms with E-state index in [1.54, 1.807) is 18.0 Å². The van der Waals surface area contributed by atoms with Crippen LogP contribution < -0.4 is 10.2 Å². The first-order valence-electron chi connectivity index (χ1n) is 12.1. The summed E-state index contributed by atoms with van der Waals surface area (Å²) in [6.45, 7) is 0.964. The van der Waals surface area contributed by atoms with Crippen molar-refractivity contribution in [3.8, 4) is 0 Å². The van der Waals surface area contributed by atoms with Crippen molar-refractivity contribution in [2.24, 2.45) is 4.99 Å². The second kappa shape index (κ2) is 11.3. The molecule has 0 radical (unpaired) electrons. The molecular formula is C29H31FN4O2. The molecule has 1 atom stereocenters. The van der Waals surface area contributed by atoms with E-state index in [1.165, 1.54) is 12.1 Å². The van der Waals surface area contributed by atoms with Gasteiger partial charge < -0.3 is 15.1 Å². The molecule has 1 N–H and O–H groups in total. The molecule has 0 saturated carbocycles. The molecule has 1 aliphatic rings. The SMILES string of the molecule is CN(C)CCCCC(=O)N(C)c1ccc(N=C(c2ccccc2)C2C(=O)Nc3cc(F)ccc32)cc1. The molecule has 0 aliphatic carbocycles. The second-order valence-corrected chi connectivity index (χ2v) is 9.25. The maximum Gasteiger partial charge on any atom is 0.238 e. The van der Waals surface area contributed by atoms with Crippen LogP contribution in [0.15, 0.2) is 77.8 Å². The number of benzene rings is 3. The van der Waals surface area contributed by atoms with E-state index in [0.717, 1.165) is 30.6 Å². The normalized spacial score (nSPS) is 15.1. The first-order chi connectivity index (χ1) is 17.3. The number of halogens is 1. The molecule has 1 heterocycles. The minimum Gasteiger partial charge on any atom is -0.325 e. The van der Waals surface area contributed by atoms with E-state index in [2.05, 4.69) is 10.2 Å². The van der Waals surface area contributed by atoms with Gasteiger partial charge in [-0.25, -0.2) is 4.39 Å². The van der Waals surface area contributed by atoms with E-state index >= 15 is 0 Å². The van der Waals surface area contributed by atoms with E-state index < -0.39 is 11.7 Å². The fourth-order valence-corrected chi connectivity index (χ4v) is 4.32. The molecule has 0 bridgehead atoms. The van der Waals surface area contributed by atoms with Crippen LogP contribution in [0.2, 0.25) is 0 Å². The van der Waals surface area contributed by atoms with Crippen LogP contribution in [-0.4, -0.2) is 50.1 Å². The van der Waals surface area contributed by atoms with Gasteiger partial charge in [0, 0.05) is 24.8 Å². The highest BCUT2D eigenvalue weighted by atomic mass is 19.1. The number of unbranched alkanes of at least 4 members (excludes halogenated alkanes) is 1. The van der Waals surface area contributed by atoms with E-state index in [4.69, 9.17) is 4.99 Å². The molecule has 2 amide bonds. The van der Waals surface area contributed by atoms with Crippen molar-refractivity contribution in [2.75, 3.05) is 37.9 Å². The highest BCUT2D eigenvalue weighted by molar-refractivity contribution is 6.24. The Morgan fingerprint density at radius 3 is 2.39 bits per heavy atom. The van der Waals surface area contributed by atoms with Crippen molar-refractivity contribution in [1.82, 2.24) is 4.90 Å². The summed E-state index contributed by atoms with van der Waals surface area (Å²) in [6.07, 6.45) is 2.32. The summed E-state index contributed by atoms with van der Waals surface area (Å²) in [5.74, 6) is -1.23. The fraction of sp³-hybridized carbons (Fsp3) is 0.276. The van der Waals surface area contributed by atoms with Crippen LogP contribution in [0.5, 0.6) is 0 Å². The van der Waals surface area contributed by atoms with E-state index in [-0.39, 0.29) is 11.8 Å².